The molecule has 3 aromatic rings. The molecule has 1 aliphatic rings. The molecule has 0 radical (unpaired) electrons. The Labute approximate surface area is 183 Å². The molecule has 1 N–H and O–H groups in total. The van der Waals surface area contributed by atoms with Gasteiger partial charge in [0.15, 0.2) is 0 Å². The van der Waals surface area contributed by atoms with Crippen LogP contribution in [0.2, 0.25) is 0 Å². The third kappa shape index (κ3) is 4.40. The molecular formula is C25H26N2O3S. The topological polar surface area (TPSA) is 66.5 Å². The largest absolute Gasteiger partial charge is 0.308 e. The lowest BCUT2D eigenvalue weighted by molar-refractivity contribution is 0.0989. The second-order valence-corrected chi connectivity index (χ2v) is 9.87. The lowest BCUT2D eigenvalue weighted by Gasteiger charge is -2.18. The molecule has 0 fully saturated rings. The molecule has 160 valence electrons. The van der Waals surface area contributed by atoms with Gasteiger partial charge in [-0.1, -0.05) is 47.5 Å². The van der Waals surface area contributed by atoms with Crippen LogP contribution in [0.4, 0.5) is 5.69 Å². The quantitative estimate of drug-likeness (QED) is 0.651. The average Bonchev–Trinajstić information content (AvgIpc) is 3.15. The first-order valence-corrected chi connectivity index (χ1v) is 11.8. The van der Waals surface area contributed by atoms with E-state index in [0.29, 0.717) is 12.1 Å². The highest BCUT2D eigenvalue weighted by Gasteiger charge is 2.26. The van der Waals surface area contributed by atoms with Gasteiger partial charge in [-0.05, 0) is 68.1 Å². The third-order valence-corrected chi connectivity index (χ3v) is 7.20. The average molecular weight is 435 g/mol. The first-order chi connectivity index (χ1) is 14.7. The number of nitrogens with zero attached hydrogens (tertiary/aromatic N) is 1. The molecule has 0 aromatic heterocycles. The molecule has 0 saturated heterocycles. The molecule has 0 atom stereocenters. The summed E-state index contributed by atoms with van der Waals surface area (Å²) in [6.07, 6.45) is 0.793. The van der Waals surface area contributed by atoms with E-state index in [0.717, 1.165) is 39.9 Å². The Bertz CT molecular complexity index is 1270. The highest BCUT2D eigenvalue weighted by Crippen LogP contribution is 2.30. The van der Waals surface area contributed by atoms with Gasteiger partial charge in [0.2, 0.25) is 10.0 Å². The third-order valence-electron chi connectivity index (χ3n) is 5.64. The summed E-state index contributed by atoms with van der Waals surface area (Å²) in [6.45, 7) is 6.49. The summed E-state index contributed by atoms with van der Waals surface area (Å²) in [5.41, 5.74) is 6.21. The number of carbonyl (C=O) groups is 1. The van der Waals surface area contributed by atoms with Crippen molar-refractivity contribution in [1.29, 1.82) is 0 Å². The monoisotopic (exact) mass is 434 g/mol. The summed E-state index contributed by atoms with van der Waals surface area (Å²) >= 11 is 0. The first kappa shape index (κ1) is 21.3. The van der Waals surface area contributed by atoms with E-state index in [4.69, 9.17) is 0 Å². The zero-order chi connectivity index (χ0) is 22.2. The van der Waals surface area contributed by atoms with Crippen LogP contribution in [0.15, 0.2) is 65.6 Å². The van der Waals surface area contributed by atoms with Crippen LogP contribution in [-0.2, 0) is 23.0 Å². The molecule has 0 aliphatic carbocycles. The number of sulfonamides is 1. The summed E-state index contributed by atoms with van der Waals surface area (Å²) < 4.78 is 28.3. The van der Waals surface area contributed by atoms with Crippen molar-refractivity contribution in [2.75, 3.05) is 11.4 Å². The number of carbonyl (C=O) groups excluding carboxylic acids is 1. The highest BCUT2D eigenvalue weighted by molar-refractivity contribution is 7.89. The number of hydrogen-bond acceptors (Lipinski definition) is 3. The van der Waals surface area contributed by atoms with Crippen molar-refractivity contribution in [3.05, 3.63) is 94.0 Å². The van der Waals surface area contributed by atoms with Crippen LogP contribution in [0.5, 0.6) is 0 Å². The molecule has 6 heteroatoms. The van der Waals surface area contributed by atoms with E-state index in [2.05, 4.69) is 4.72 Å². The van der Waals surface area contributed by atoms with Crippen LogP contribution in [0.1, 0.15) is 38.2 Å². The molecule has 1 heterocycles. The normalized spacial score (nSPS) is 13.3. The number of benzene rings is 3. The minimum Gasteiger partial charge on any atom is -0.308 e. The van der Waals surface area contributed by atoms with Crippen LogP contribution in [0.3, 0.4) is 0 Å². The Morgan fingerprint density at radius 2 is 1.74 bits per heavy atom. The molecule has 3 aromatic carbocycles. The van der Waals surface area contributed by atoms with E-state index in [1.165, 1.54) is 0 Å². The summed E-state index contributed by atoms with van der Waals surface area (Å²) in [7, 11) is -3.63. The van der Waals surface area contributed by atoms with Crippen LogP contribution in [-0.4, -0.2) is 20.9 Å². The van der Waals surface area contributed by atoms with Gasteiger partial charge in [-0.3, -0.25) is 4.79 Å². The predicted octanol–water partition coefficient (Wildman–Crippen LogP) is 4.29. The Morgan fingerprint density at radius 3 is 2.48 bits per heavy atom. The summed E-state index contributed by atoms with van der Waals surface area (Å²) in [5, 5.41) is 0. The standard InChI is InChI=1S/C25H26N2O3S/c1-17-5-4-6-22(14-17)25(28)27-12-11-21-9-8-20(15-23(21)27)16-26-31(29,30)24-10-7-18(2)13-19(24)3/h4-10,13-15,26H,11-12,16H2,1-3H3. The summed E-state index contributed by atoms with van der Waals surface area (Å²) in [6, 6.07) is 18.7. The number of aryl methyl sites for hydroxylation is 3. The molecule has 0 bridgehead atoms. The maximum Gasteiger partial charge on any atom is 0.258 e. The minimum atomic E-state index is -3.63. The van der Waals surface area contributed by atoms with Crippen molar-refractivity contribution >= 4 is 21.6 Å². The van der Waals surface area contributed by atoms with Crippen molar-refractivity contribution < 1.29 is 13.2 Å². The second kappa shape index (κ2) is 8.29. The molecule has 1 amide bonds. The number of rotatable bonds is 5. The smallest absolute Gasteiger partial charge is 0.258 e. The number of anilines is 1. The van der Waals surface area contributed by atoms with Crippen LogP contribution < -0.4 is 9.62 Å². The van der Waals surface area contributed by atoms with Crippen molar-refractivity contribution in [3.8, 4) is 0 Å². The van der Waals surface area contributed by atoms with E-state index in [1.807, 2.05) is 62.4 Å². The Balaban J connectivity index is 1.54. The van der Waals surface area contributed by atoms with E-state index in [9.17, 15) is 13.2 Å². The fourth-order valence-corrected chi connectivity index (χ4v) is 5.28. The lowest BCUT2D eigenvalue weighted by Crippen LogP contribution is -2.29. The van der Waals surface area contributed by atoms with Crippen molar-refractivity contribution in [2.45, 2.75) is 38.6 Å². The van der Waals surface area contributed by atoms with Gasteiger partial charge in [-0.25, -0.2) is 13.1 Å². The minimum absolute atomic E-state index is 0.0320. The van der Waals surface area contributed by atoms with Gasteiger partial charge < -0.3 is 4.90 Å². The maximum absolute atomic E-state index is 13.1. The molecule has 4 rings (SSSR count). The van der Waals surface area contributed by atoms with Gasteiger partial charge in [-0.15, -0.1) is 0 Å². The van der Waals surface area contributed by atoms with Gasteiger partial charge in [0, 0.05) is 24.3 Å². The fourth-order valence-electron chi connectivity index (χ4n) is 4.04. The first-order valence-electron chi connectivity index (χ1n) is 10.3. The predicted molar refractivity (Wildman–Crippen MR) is 123 cm³/mol. The summed E-state index contributed by atoms with van der Waals surface area (Å²) in [5.74, 6) is -0.0320. The zero-order valence-corrected chi connectivity index (χ0v) is 18.8. The summed E-state index contributed by atoms with van der Waals surface area (Å²) in [4.78, 5) is 15.1. The number of nitrogens with one attached hydrogen (secondary N) is 1. The van der Waals surface area contributed by atoms with Gasteiger partial charge in [0.1, 0.15) is 0 Å². The zero-order valence-electron chi connectivity index (χ0n) is 18.0. The van der Waals surface area contributed by atoms with Gasteiger partial charge in [-0.2, -0.15) is 0 Å². The van der Waals surface area contributed by atoms with E-state index < -0.39 is 10.0 Å². The molecule has 5 nitrogen and oxygen atoms in total. The lowest BCUT2D eigenvalue weighted by atomic mass is 10.1. The Hall–Kier alpha value is -2.96. The number of hydrogen-bond donors (Lipinski definition) is 1. The van der Waals surface area contributed by atoms with E-state index in [-0.39, 0.29) is 17.3 Å². The molecule has 0 unspecified atom stereocenters. The molecule has 31 heavy (non-hydrogen) atoms. The van der Waals surface area contributed by atoms with Crippen molar-refractivity contribution in [3.63, 3.8) is 0 Å². The molecule has 1 aliphatic heterocycles. The van der Waals surface area contributed by atoms with Gasteiger partial charge in [0.25, 0.3) is 5.91 Å². The Kier molecular flexibility index (Phi) is 5.69. The molecule has 0 spiro atoms. The highest BCUT2D eigenvalue weighted by atomic mass is 32.2. The van der Waals surface area contributed by atoms with E-state index >= 15 is 0 Å². The van der Waals surface area contributed by atoms with Crippen LogP contribution in [0, 0.1) is 20.8 Å². The van der Waals surface area contributed by atoms with Gasteiger partial charge in [0.05, 0.1) is 4.90 Å². The van der Waals surface area contributed by atoms with Gasteiger partial charge >= 0.3 is 0 Å². The maximum atomic E-state index is 13.1. The number of fused-ring (bicyclic) bond motifs is 1. The number of amides is 1. The second-order valence-electron chi connectivity index (χ2n) is 8.13. The van der Waals surface area contributed by atoms with Crippen molar-refractivity contribution in [2.24, 2.45) is 0 Å². The van der Waals surface area contributed by atoms with Crippen LogP contribution >= 0.6 is 0 Å². The van der Waals surface area contributed by atoms with E-state index in [1.54, 1.807) is 24.0 Å². The Morgan fingerprint density at radius 1 is 0.968 bits per heavy atom. The fraction of sp³-hybridized carbons (Fsp3) is 0.240. The van der Waals surface area contributed by atoms with Crippen LogP contribution in [0.25, 0.3) is 0 Å². The molecular weight excluding hydrogens is 408 g/mol. The van der Waals surface area contributed by atoms with Crippen molar-refractivity contribution in [1.82, 2.24) is 4.72 Å². The molecule has 0 saturated carbocycles. The SMILES string of the molecule is Cc1cccc(C(=O)N2CCc3ccc(CNS(=O)(=O)c4ccc(C)cc4C)cc32)c1.